The minimum Gasteiger partial charge on any atom is -0.354 e. The first-order chi connectivity index (χ1) is 15.5. The summed E-state index contributed by atoms with van der Waals surface area (Å²) >= 11 is 6.29. The number of amides is 1. The third-order valence-corrected chi connectivity index (χ3v) is 6.84. The molecule has 1 amide bonds. The summed E-state index contributed by atoms with van der Waals surface area (Å²) in [6.45, 7) is 6.60. The van der Waals surface area contributed by atoms with Gasteiger partial charge in [0.2, 0.25) is 11.9 Å². The van der Waals surface area contributed by atoms with Crippen LogP contribution in [0.3, 0.4) is 0 Å². The van der Waals surface area contributed by atoms with Crippen molar-refractivity contribution < 1.29 is 4.79 Å². The van der Waals surface area contributed by atoms with E-state index in [1.807, 2.05) is 36.2 Å². The van der Waals surface area contributed by atoms with E-state index >= 15 is 0 Å². The molecule has 0 saturated carbocycles. The number of fused-ring (bicyclic) bond motifs is 3. The largest absolute Gasteiger partial charge is 0.354 e. The van der Waals surface area contributed by atoms with Crippen LogP contribution >= 0.6 is 11.6 Å². The van der Waals surface area contributed by atoms with Crippen LogP contribution in [0.5, 0.6) is 0 Å². The molecule has 0 radical (unpaired) electrons. The van der Waals surface area contributed by atoms with Crippen LogP contribution in [0.25, 0.3) is 5.69 Å². The molecule has 32 heavy (non-hydrogen) atoms. The van der Waals surface area contributed by atoms with Gasteiger partial charge in [0.05, 0.1) is 18.4 Å². The molecule has 5 heterocycles. The van der Waals surface area contributed by atoms with Crippen molar-refractivity contribution in [2.45, 2.75) is 26.4 Å². The molecule has 6 rings (SSSR count). The maximum atomic E-state index is 12.5. The van der Waals surface area contributed by atoms with Gasteiger partial charge in [-0.3, -0.25) is 14.3 Å². The van der Waals surface area contributed by atoms with Gasteiger partial charge in [-0.25, -0.2) is 4.98 Å². The summed E-state index contributed by atoms with van der Waals surface area (Å²) in [4.78, 5) is 27.5. The highest BCUT2D eigenvalue weighted by atomic mass is 35.5. The van der Waals surface area contributed by atoms with E-state index in [-0.39, 0.29) is 11.3 Å². The number of carbonyl (C=O) groups excluding carboxylic acids is 1. The lowest BCUT2D eigenvalue weighted by Gasteiger charge is -2.60. The van der Waals surface area contributed by atoms with Gasteiger partial charge in [0, 0.05) is 62.0 Å². The van der Waals surface area contributed by atoms with Gasteiger partial charge in [0.15, 0.2) is 5.82 Å². The number of anilines is 2. The summed E-state index contributed by atoms with van der Waals surface area (Å²) in [5.41, 5.74) is 2.25. The van der Waals surface area contributed by atoms with Crippen LogP contribution in [0.1, 0.15) is 24.7 Å². The summed E-state index contributed by atoms with van der Waals surface area (Å²) < 4.78 is 2.10. The Labute approximate surface area is 190 Å². The van der Waals surface area contributed by atoms with Crippen molar-refractivity contribution in [2.24, 2.45) is 5.41 Å². The maximum absolute atomic E-state index is 12.5. The van der Waals surface area contributed by atoms with Crippen molar-refractivity contribution >= 4 is 29.3 Å². The highest BCUT2D eigenvalue weighted by Crippen LogP contribution is 2.43. The Morgan fingerprint density at radius 2 is 1.91 bits per heavy atom. The Morgan fingerprint density at radius 1 is 1.09 bits per heavy atom. The van der Waals surface area contributed by atoms with E-state index in [9.17, 15) is 4.79 Å². The molecule has 0 N–H and O–H groups in total. The van der Waals surface area contributed by atoms with Gasteiger partial charge < -0.3 is 14.7 Å². The fourth-order valence-corrected chi connectivity index (χ4v) is 5.27. The monoisotopic (exact) mass is 450 g/mol. The number of benzene rings is 1. The number of carbonyl (C=O) groups is 1. The second-order valence-corrected chi connectivity index (χ2v) is 9.34. The average Bonchev–Trinajstić information content (AvgIpc) is 3.07. The third-order valence-electron chi connectivity index (χ3n) is 6.61. The number of nitrogens with zero attached hydrogens (tertiary/aromatic N) is 8. The van der Waals surface area contributed by atoms with E-state index in [1.54, 1.807) is 12.4 Å². The molecule has 0 atom stereocenters. The van der Waals surface area contributed by atoms with E-state index in [2.05, 4.69) is 34.5 Å². The van der Waals surface area contributed by atoms with E-state index in [0.717, 1.165) is 55.0 Å². The lowest BCUT2D eigenvalue weighted by atomic mass is 9.73. The highest BCUT2D eigenvalue weighted by molar-refractivity contribution is 6.30. The highest BCUT2D eigenvalue weighted by Gasteiger charge is 2.53. The fraction of sp³-hybridized carbons (Fsp3) is 0.409. The van der Waals surface area contributed by atoms with E-state index in [0.29, 0.717) is 24.5 Å². The van der Waals surface area contributed by atoms with Crippen molar-refractivity contribution in [3.8, 4) is 5.69 Å². The first-order valence-electron chi connectivity index (χ1n) is 10.8. The molecule has 1 aromatic carbocycles. The molecule has 10 heteroatoms. The predicted octanol–water partition coefficient (Wildman–Crippen LogP) is 2.29. The molecule has 2 aromatic heterocycles. The molecule has 9 nitrogen and oxygen atoms in total. The second kappa shape index (κ2) is 7.16. The van der Waals surface area contributed by atoms with E-state index < -0.39 is 0 Å². The van der Waals surface area contributed by atoms with Crippen LogP contribution < -0.4 is 9.80 Å². The lowest BCUT2D eigenvalue weighted by Crippen LogP contribution is -2.73. The van der Waals surface area contributed by atoms with Crippen molar-refractivity contribution in [3.63, 3.8) is 0 Å². The van der Waals surface area contributed by atoms with Crippen LogP contribution in [-0.2, 0) is 17.9 Å². The number of hydrogen-bond acceptors (Lipinski definition) is 7. The number of aromatic nitrogens is 5. The molecule has 2 fully saturated rings. The molecule has 3 aliphatic heterocycles. The van der Waals surface area contributed by atoms with Crippen molar-refractivity contribution in [3.05, 3.63) is 53.2 Å². The standard InChI is InChI=1S/C22H23ClN8O/c1-2-20(32)28-9-15-7-16(23)3-4-17(15)31-19(10-28)26-27-21(31)30-13-22(14-30)11-29(12-22)18-8-24-5-6-25-18/h3-8H,2,9-14H2,1H3. The maximum Gasteiger partial charge on any atom is 0.232 e. The number of halogens is 1. The number of hydrogen-bond donors (Lipinski definition) is 0. The van der Waals surface area contributed by atoms with Gasteiger partial charge in [0.1, 0.15) is 5.82 Å². The molecule has 3 aliphatic rings. The van der Waals surface area contributed by atoms with Gasteiger partial charge in [-0.15, -0.1) is 10.2 Å². The fourth-order valence-electron chi connectivity index (χ4n) is 5.08. The molecule has 1 spiro atoms. The zero-order chi connectivity index (χ0) is 21.9. The first kappa shape index (κ1) is 19.5. The first-order valence-corrected chi connectivity index (χ1v) is 11.2. The van der Waals surface area contributed by atoms with Gasteiger partial charge >= 0.3 is 0 Å². The summed E-state index contributed by atoms with van der Waals surface area (Å²) in [6.07, 6.45) is 5.69. The Morgan fingerprint density at radius 3 is 2.66 bits per heavy atom. The van der Waals surface area contributed by atoms with Crippen LogP contribution in [0.15, 0.2) is 36.8 Å². The third kappa shape index (κ3) is 3.02. The van der Waals surface area contributed by atoms with Crippen molar-refractivity contribution in [1.82, 2.24) is 29.6 Å². The van der Waals surface area contributed by atoms with E-state index in [4.69, 9.17) is 11.6 Å². The Hall–Kier alpha value is -3.20. The van der Waals surface area contributed by atoms with Crippen LogP contribution in [0, 0.1) is 5.41 Å². The zero-order valence-corrected chi connectivity index (χ0v) is 18.5. The van der Waals surface area contributed by atoms with Crippen LogP contribution in [-0.4, -0.2) is 61.7 Å². The summed E-state index contributed by atoms with van der Waals surface area (Å²) in [5.74, 6) is 2.63. The van der Waals surface area contributed by atoms with Crippen LogP contribution in [0.4, 0.5) is 11.8 Å². The van der Waals surface area contributed by atoms with Crippen molar-refractivity contribution in [1.29, 1.82) is 0 Å². The van der Waals surface area contributed by atoms with E-state index in [1.165, 1.54) is 0 Å². The quantitative estimate of drug-likeness (QED) is 0.605. The minimum atomic E-state index is 0.0930. The lowest BCUT2D eigenvalue weighted by molar-refractivity contribution is -0.132. The second-order valence-electron chi connectivity index (χ2n) is 8.90. The minimum absolute atomic E-state index is 0.0930. The smallest absolute Gasteiger partial charge is 0.232 e. The Balaban J connectivity index is 1.27. The summed E-state index contributed by atoms with van der Waals surface area (Å²) in [6, 6.07) is 5.82. The van der Waals surface area contributed by atoms with Gasteiger partial charge in [0.25, 0.3) is 0 Å². The Kier molecular flexibility index (Phi) is 4.36. The van der Waals surface area contributed by atoms with Crippen LogP contribution in [0.2, 0.25) is 5.02 Å². The SMILES string of the molecule is CCC(=O)N1Cc2cc(Cl)ccc2-n2c(nnc2N2CC3(CN(c4cnccn4)C3)C2)C1. The van der Waals surface area contributed by atoms with Gasteiger partial charge in [-0.05, 0) is 23.8 Å². The molecule has 0 bridgehead atoms. The predicted molar refractivity (Wildman–Crippen MR) is 120 cm³/mol. The summed E-state index contributed by atoms with van der Waals surface area (Å²) in [7, 11) is 0. The molecular formula is C22H23ClN8O. The molecule has 0 unspecified atom stereocenters. The topological polar surface area (TPSA) is 83.3 Å². The Bertz CT molecular complexity index is 1180. The molecule has 3 aromatic rings. The van der Waals surface area contributed by atoms with Gasteiger partial charge in [-0.2, -0.15) is 0 Å². The molecule has 0 aliphatic carbocycles. The van der Waals surface area contributed by atoms with Gasteiger partial charge in [-0.1, -0.05) is 18.5 Å². The number of rotatable bonds is 3. The van der Waals surface area contributed by atoms with Crippen molar-refractivity contribution in [2.75, 3.05) is 36.0 Å². The average molecular weight is 451 g/mol. The molecular weight excluding hydrogens is 428 g/mol. The molecule has 164 valence electrons. The zero-order valence-electron chi connectivity index (χ0n) is 17.8. The normalized spacial score (nSPS) is 18.5. The molecule has 2 saturated heterocycles. The summed E-state index contributed by atoms with van der Waals surface area (Å²) in [5, 5.41) is 9.67.